The van der Waals surface area contributed by atoms with E-state index in [1.165, 1.54) is 5.56 Å². The molecule has 3 aromatic rings. The molecule has 0 aliphatic rings. The number of guanidine groups is 1. The number of benzene rings is 2. The van der Waals surface area contributed by atoms with Crippen molar-refractivity contribution in [3.05, 3.63) is 89.7 Å². The molecule has 0 saturated heterocycles. The summed E-state index contributed by atoms with van der Waals surface area (Å²) in [5.41, 5.74) is 3.27. The van der Waals surface area contributed by atoms with Gasteiger partial charge in [0.25, 0.3) is 0 Å². The minimum absolute atomic E-state index is 0. The lowest BCUT2D eigenvalue weighted by Gasteiger charge is -2.13. The van der Waals surface area contributed by atoms with Crippen LogP contribution in [0.1, 0.15) is 16.8 Å². The molecule has 2 aromatic carbocycles. The van der Waals surface area contributed by atoms with Crippen LogP contribution in [0.25, 0.3) is 0 Å². The van der Waals surface area contributed by atoms with Crippen LogP contribution < -0.4 is 20.1 Å². The van der Waals surface area contributed by atoms with E-state index in [4.69, 9.17) is 9.47 Å². The zero-order chi connectivity index (χ0) is 21.0. The summed E-state index contributed by atoms with van der Waals surface area (Å²) in [6.07, 6.45) is 1.77. The van der Waals surface area contributed by atoms with Gasteiger partial charge in [0.05, 0.1) is 12.2 Å². The van der Waals surface area contributed by atoms with Crippen molar-refractivity contribution >= 4 is 29.9 Å². The van der Waals surface area contributed by atoms with Gasteiger partial charge < -0.3 is 20.1 Å². The van der Waals surface area contributed by atoms with Crippen molar-refractivity contribution in [2.75, 3.05) is 20.2 Å². The van der Waals surface area contributed by atoms with Crippen molar-refractivity contribution in [2.24, 2.45) is 4.99 Å². The fourth-order valence-corrected chi connectivity index (χ4v) is 2.72. The summed E-state index contributed by atoms with van der Waals surface area (Å²) in [6, 6.07) is 21.8. The fraction of sp³-hybridized carbons (Fsp3) is 0.250. The Morgan fingerprint density at radius 3 is 2.29 bits per heavy atom. The van der Waals surface area contributed by atoms with Crippen molar-refractivity contribution in [3.8, 4) is 11.5 Å². The highest BCUT2D eigenvalue weighted by atomic mass is 127. The Morgan fingerprint density at radius 2 is 1.61 bits per heavy atom. The van der Waals surface area contributed by atoms with Gasteiger partial charge in [0.1, 0.15) is 24.7 Å². The molecule has 0 spiro atoms. The van der Waals surface area contributed by atoms with Crippen molar-refractivity contribution in [3.63, 3.8) is 0 Å². The van der Waals surface area contributed by atoms with Gasteiger partial charge in [-0.05, 0) is 48.9 Å². The van der Waals surface area contributed by atoms with Gasteiger partial charge in [0, 0.05) is 19.8 Å². The summed E-state index contributed by atoms with van der Waals surface area (Å²) in [7, 11) is 1.75. The number of halogens is 1. The maximum absolute atomic E-state index is 5.77. The first-order valence-electron chi connectivity index (χ1n) is 9.98. The quantitative estimate of drug-likeness (QED) is 0.186. The number of aryl methyl sites for hydroxylation is 1. The molecule has 7 heteroatoms. The highest BCUT2D eigenvalue weighted by Crippen LogP contribution is 2.14. The number of rotatable bonds is 9. The highest BCUT2D eigenvalue weighted by molar-refractivity contribution is 14.0. The zero-order valence-corrected chi connectivity index (χ0v) is 20.2. The second-order valence-corrected chi connectivity index (χ2v) is 6.77. The summed E-state index contributed by atoms with van der Waals surface area (Å²) in [5.74, 6) is 2.42. The van der Waals surface area contributed by atoms with Gasteiger partial charge in [-0.3, -0.25) is 9.98 Å². The lowest BCUT2D eigenvalue weighted by molar-refractivity contribution is 0.301. The molecule has 0 amide bonds. The number of hydrogen-bond donors (Lipinski definition) is 2. The Balaban J connectivity index is 0.00000341. The number of nitrogens with one attached hydrogen (secondary N) is 2. The molecule has 3 rings (SSSR count). The fourth-order valence-electron chi connectivity index (χ4n) is 2.72. The molecule has 0 aliphatic heterocycles. The number of ether oxygens (including phenoxy) is 2. The Kier molecular flexibility index (Phi) is 10.6. The van der Waals surface area contributed by atoms with Crippen LogP contribution in [0.15, 0.2) is 77.9 Å². The van der Waals surface area contributed by atoms with Crippen LogP contribution in [0, 0.1) is 6.92 Å². The van der Waals surface area contributed by atoms with Gasteiger partial charge in [-0.15, -0.1) is 24.0 Å². The van der Waals surface area contributed by atoms with Crippen LogP contribution >= 0.6 is 24.0 Å². The van der Waals surface area contributed by atoms with Gasteiger partial charge in [0.2, 0.25) is 0 Å². The minimum atomic E-state index is 0. The molecule has 0 unspecified atom stereocenters. The normalized spacial score (nSPS) is 10.7. The van der Waals surface area contributed by atoms with Gasteiger partial charge in [0.15, 0.2) is 5.96 Å². The predicted molar refractivity (Wildman–Crippen MR) is 135 cm³/mol. The average Bonchev–Trinajstić information content (AvgIpc) is 2.80. The van der Waals surface area contributed by atoms with Crippen LogP contribution in [0.5, 0.6) is 11.5 Å². The third-order valence-corrected chi connectivity index (χ3v) is 4.40. The molecule has 1 aromatic heterocycles. The molecule has 0 aliphatic carbocycles. The molecule has 0 radical (unpaired) electrons. The lowest BCUT2D eigenvalue weighted by Crippen LogP contribution is -2.38. The van der Waals surface area contributed by atoms with E-state index in [0.29, 0.717) is 26.3 Å². The maximum Gasteiger partial charge on any atom is 0.191 e. The van der Waals surface area contributed by atoms with E-state index in [9.17, 15) is 0 Å². The summed E-state index contributed by atoms with van der Waals surface area (Å²) >= 11 is 0. The Labute approximate surface area is 201 Å². The molecular weight excluding hydrogens is 503 g/mol. The van der Waals surface area contributed by atoms with Crippen LogP contribution in [0.2, 0.25) is 0 Å². The number of aromatic nitrogens is 1. The Morgan fingerprint density at radius 1 is 0.903 bits per heavy atom. The van der Waals surface area contributed by atoms with Gasteiger partial charge in [-0.25, -0.2) is 0 Å². The molecule has 1 heterocycles. The molecule has 2 N–H and O–H groups in total. The topological polar surface area (TPSA) is 67.8 Å². The number of hydrogen-bond acceptors (Lipinski definition) is 4. The van der Waals surface area contributed by atoms with Crippen LogP contribution in [0.4, 0.5) is 0 Å². The van der Waals surface area contributed by atoms with Crippen molar-refractivity contribution < 1.29 is 9.47 Å². The molecule has 0 saturated carbocycles. The molecule has 164 valence electrons. The summed E-state index contributed by atoms with van der Waals surface area (Å²) in [4.78, 5) is 8.50. The average molecular weight is 532 g/mol. The van der Waals surface area contributed by atoms with Gasteiger partial charge in [-0.2, -0.15) is 0 Å². The van der Waals surface area contributed by atoms with E-state index < -0.39 is 0 Å². The van der Waals surface area contributed by atoms with E-state index in [0.717, 1.165) is 28.7 Å². The van der Waals surface area contributed by atoms with E-state index in [1.54, 1.807) is 13.2 Å². The first-order chi connectivity index (χ1) is 14.7. The molecule has 0 atom stereocenters. The van der Waals surface area contributed by atoms with Crippen molar-refractivity contribution in [1.82, 2.24) is 15.6 Å². The van der Waals surface area contributed by atoms with E-state index in [-0.39, 0.29) is 24.0 Å². The monoisotopic (exact) mass is 532 g/mol. The standard InChI is InChI=1S/C24H28N4O2.HI/c1-19-6-10-22(11-7-19)29-16-15-27-24(25-2)28-17-20-8-12-23(13-9-20)30-18-21-5-3-4-14-26-21;/h3-14H,15-18H2,1-2H3,(H2,25,27,28);1H. The van der Waals surface area contributed by atoms with Gasteiger partial charge >= 0.3 is 0 Å². The highest BCUT2D eigenvalue weighted by Gasteiger charge is 2.01. The second kappa shape index (κ2) is 13.5. The number of nitrogens with zero attached hydrogens (tertiary/aromatic N) is 2. The molecule has 0 bridgehead atoms. The van der Waals surface area contributed by atoms with Crippen LogP contribution in [-0.4, -0.2) is 31.1 Å². The zero-order valence-electron chi connectivity index (χ0n) is 17.9. The van der Waals surface area contributed by atoms with Crippen molar-refractivity contribution in [1.29, 1.82) is 0 Å². The summed E-state index contributed by atoms with van der Waals surface area (Å²) in [5, 5.41) is 6.56. The lowest BCUT2D eigenvalue weighted by atomic mass is 10.2. The van der Waals surface area contributed by atoms with Crippen LogP contribution in [0.3, 0.4) is 0 Å². The summed E-state index contributed by atoms with van der Waals surface area (Å²) < 4.78 is 11.5. The van der Waals surface area contributed by atoms with Gasteiger partial charge in [-0.1, -0.05) is 35.9 Å². The first kappa shape index (κ1) is 24.5. The third-order valence-electron chi connectivity index (χ3n) is 4.40. The van der Waals surface area contributed by atoms with E-state index >= 15 is 0 Å². The molecule has 6 nitrogen and oxygen atoms in total. The largest absolute Gasteiger partial charge is 0.492 e. The van der Waals surface area contributed by atoms with E-state index in [1.807, 2.05) is 66.7 Å². The molecule has 31 heavy (non-hydrogen) atoms. The molecule has 0 fully saturated rings. The Bertz CT molecular complexity index is 917. The predicted octanol–water partition coefficient (Wildman–Crippen LogP) is 4.33. The van der Waals surface area contributed by atoms with Crippen molar-refractivity contribution in [2.45, 2.75) is 20.1 Å². The minimum Gasteiger partial charge on any atom is -0.492 e. The first-order valence-corrected chi connectivity index (χ1v) is 9.98. The molecular formula is C24H29IN4O2. The Hall–Kier alpha value is -2.81. The SMILES string of the molecule is CN=C(NCCOc1ccc(C)cc1)NCc1ccc(OCc2ccccn2)cc1.I. The van der Waals surface area contributed by atoms with E-state index in [2.05, 4.69) is 27.5 Å². The smallest absolute Gasteiger partial charge is 0.191 e. The third kappa shape index (κ3) is 8.84. The summed E-state index contributed by atoms with van der Waals surface area (Å²) in [6.45, 7) is 4.41. The number of aliphatic imine (C=N–C) groups is 1. The maximum atomic E-state index is 5.77. The number of pyridine rings is 1. The second-order valence-electron chi connectivity index (χ2n) is 6.77. The van der Waals surface area contributed by atoms with Crippen LogP contribution in [-0.2, 0) is 13.2 Å².